The highest BCUT2D eigenvalue weighted by Crippen LogP contribution is 2.30. The predicted molar refractivity (Wildman–Crippen MR) is 68.3 cm³/mol. The molecule has 0 amide bonds. The van der Waals surface area contributed by atoms with Gasteiger partial charge in [-0.15, -0.1) is 0 Å². The lowest BCUT2D eigenvalue weighted by Crippen LogP contribution is -1.84. The molecule has 3 aromatic carbocycles. The van der Waals surface area contributed by atoms with E-state index in [1.165, 1.54) is 0 Å². The van der Waals surface area contributed by atoms with E-state index in [1.54, 1.807) is 0 Å². The zero-order valence-electron chi connectivity index (χ0n) is 8.77. The van der Waals surface area contributed by atoms with Crippen LogP contribution in [0.3, 0.4) is 0 Å². The van der Waals surface area contributed by atoms with Gasteiger partial charge in [-0.3, -0.25) is 0 Å². The first-order valence-electron chi connectivity index (χ1n) is 5.23. The van der Waals surface area contributed by atoms with Gasteiger partial charge >= 0.3 is 0 Å². The number of benzene rings is 3. The maximum Gasteiger partial charge on any atom is -0.000522 e. The van der Waals surface area contributed by atoms with Crippen LogP contribution in [0.4, 0.5) is 0 Å². The molecule has 4 radical (unpaired) electrons. The number of hydrogen-bond acceptors (Lipinski definition) is 0. The van der Waals surface area contributed by atoms with E-state index < -0.39 is 0 Å². The molecule has 16 heavy (non-hydrogen) atoms. The number of hydrogen-bond donors (Lipinski definition) is 0. The zero-order valence-corrected chi connectivity index (χ0v) is 8.77. The summed E-state index contributed by atoms with van der Waals surface area (Å²) >= 11 is 0. The minimum atomic E-state index is 0.800. The van der Waals surface area contributed by atoms with Crippen LogP contribution in [0.5, 0.6) is 0 Å². The molecule has 0 heterocycles. The van der Waals surface area contributed by atoms with Gasteiger partial charge in [-0.25, -0.2) is 0 Å². The summed E-state index contributed by atoms with van der Waals surface area (Å²) < 4.78 is 0. The summed E-state index contributed by atoms with van der Waals surface area (Å²) in [5.74, 6) is 0. The van der Waals surface area contributed by atoms with Crippen LogP contribution in [0.1, 0.15) is 11.1 Å². The zero-order chi connectivity index (χ0) is 11.1. The topological polar surface area (TPSA) is 0 Å². The van der Waals surface area contributed by atoms with Gasteiger partial charge in [-0.05, 0) is 46.5 Å². The van der Waals surface area contributed by atoms with Crippen LogP contribution in [0.2, 0.25) is 0 Å². The van der Waals surface area contributed by atoms with Crippen molar-refractivity contribution in [3.63, 3.8) is 0 Å². The van der Waals surface area contributed by atoms with Crippen molar-refractivity contribution in [2.45, 2.75) is 0 Å². The molecule has 0 fully saturated rings. The summed E-state index contributed by atoms with van der Waals surface area (Å²) in [5.41, 5.74) is 1.60. The van der Waals surface area contributed by atoms with Crippen molar-refractivity contribution in [2.75, 3.05) is 0 Å². The highest BCUT2D eigenvalue weighted by Gasteiger charge is 2.04. The van der Waals surface area contributed by atoms with Crippen LogP contribution in [0.15, 0.2) is 48.5 Å². The van der Waals surface area contributed by atoms with Gasteiger partial charge in [-0.1, -0.05) is 48.5 Å². The van der Waals surface area contributed by atoms with Crippen molar-refractivity contribution in [3.05, 3.63) is 73.5 Å². The number of rotatable bonds is 0. The Hall–Kier alpha value is -1.82. The lowest BCUT2D eigenvalue weighted by Gasteiger charge is -2.09. The molecule has 0 saturated carbocycles. The van der Waals surface area contributed by atoms with E-state index in [0.717, 1.165) is 32.7 Å². The second-order valence-electron chi connectivity index (χ2n) is 3.96. The third-order valence-electron chi connectivity index (χ3n) is 2.95. The highest BCUT2D eigenvalue weighted by atomic mass is 14.1. The van der Waals surface area contributed by atoms with Gasteiger partial charge in [0, 0.05) is 0 Å². The van der Waals surface area contributed by atoms with E-state index in [9.17, 15) is 0 Å². The summed E-state index contributed by atoms with van der Waals surface area (Å²) in [7, 11) is 0. The van der Waals surface area contributed by atoms with Crippen molar-refractivity contribution in [3.8, 4) is 0 Å². The molecule has 0 heteroatoms. The van der Waals surface area contributed by atoms with Crippen LogP contribution >= 0.6 is 0 Å². The first kappa shape index (κ1) is 9.41. The van der Waals surface area contributed by atoms with Crippen LogP contribution < -0.4 is 0 Å². The first-order chi connectivity index (χ1) is 7.77. The molecule has 0 N–H and O–H groups in total. The van der Waals surface area contributed by atoms with E-state index in [4.69, 9.17) is 13.8 Å². The Balaban J connectivity index is 2.67. The Kier molecular flexibility index (Phi) is 1.97. The van der Waals surface area contributed by atoms with Crippen molar-refractivity contribution < 1.29 is 0 Å². The van der Waals surface area contributed by atoms with Gasteiger partial charge in [0.1, 0.15) is 0 Å². The maximum absolute atomic E-state index is 6.03. The summed E-state index contributed by atoms with van der Waals surface area (Å²) in [6.07, 6.45) is 0. The fraction of sp³-hybridized carbons (Fsp3) is 0. The third-order valence-corrected chi connectivity index (χ3v) is 2.95. The second-order valence-corrected chi connectivity index (χ2v) is 3.96. The Morgan fingerprint density at radius 2 is 1.44 bits per heavy atom. The molecule has 0 saturated heterocycles. The monoisotopic (exact) mass is 202 g/mol. The standard InChI is InChI=1S/C16H10/c1-11-6-5-7-13-10-12(2)14-8-3-4-9-15(14)16(11)13/h1-10H. The smallest absolute Gasteiger partial charge is 0.000522 e. The minimum absolute atomic E-state index is 0.800. The molecule has 0 nitrogen and oxygen atoms in total. The highest BCUT2D eigenvalue weighted by molar-refractivity contribution is 6.11. The van der Waals surface area contributed by atoms with Crippen molar-refractivity contribution in [2.24, 2.45) is 0 Å². The Labute approximate surface area is 95.5 Å². The molecule has 0 aliphatic heterocycles. The first-order valence-corrected chi connectivity index (χ1v) is 5.23. The molecule has 0 unspecified atom stereocenters. The van der Waals surface area contributed by atoms with Crippen molar-refractivity contribution in [1.82, 2.24) is 0 Å². The van der Waals surface area contributed by atoms with E-state index in [1.807, 2.05) is 42.5 Å². The van der Waals surface area contributed by atoms with E-state index in [-0.39, 0.29) is 0 Å². The number of fused-ring (bicyclic) bond motifs is 3. The maximum atomic E-state index is 6.03. The van der Waals surface area contributed by atoms with E-state index in [0.29, 0.717) is 0 Å². The fourth-order valence-corrected chi connectivity index (χ4v) is 2.22. The summed E-state index contributed by atoms with van der Waals surface area (Å²) in [5, 5.41) is 4.37. The van der Waals surface area contributed by atoms with Crippen LogP contribution in [0.25, 0.3) is 21.5 Å². The summed E-state index contributed by atoms with van der Waals surface area (Å²) in [6.45, 7) is 12.1. The van der Waals surface area contributed by atoms with E-state index >= 15 is 0 Å². The summed E-state index contributed by atoms with van der Waals surface area (Å²) in [6, 6.07) is 16.0. The molecule has 0 aromatic heterocycles. The van der Waals surface area contributed by atoms with Crippen molar-refractivity contribution >= 4 is 21.5 Å². The molecule has 3 aromatic rings. The molecule has 74 valence electrons. The van der Waals surface area contributed by atoms with Gasteiger partial charge in [0.05, 0.1) is 0 Å². The Morgan fingerprint density at radius 3 is 2.25 bits per heavy atom. The third kappa shape index (κ3) is 1.23. The van der Waals surface area contributed by atoms with Gasteiger partial charge in [0.15, 0.2) is 0 Å². The molecule has 0 atom stereocenters. The largest absolute Gasteiger partial charge is 0.0616 e. The lowest BCUT2D eigenvalue weighted by molar-refractivity contribution is 1.67. The molecular formula is C16H10. The predicted octanol–water partition coefficient (Wildman–Crippen LogP) is 4.11. The Morgan fingerprint density at radius 1 is 0.688 bits per heavy atom. The normalized spacial score (nSPS) is 11.1. The van der Waals surface area contributed by atoms with Gasteiger partial charge < -0.3 is 0 Å². The average molecular weight is 202 g/mol. The Bertz CT molecular complexity index is 678. The molecule has 0 bridgehead atoms. The van der Waals surface area contributed by atoms with Crippen molar-refractivity contribution in [1.29, 1.82) is 0 Å². The molecular weight excluding hydrogens is 192 g/mol. The lowest BCUT2D eigenvalue weighted by atomic mass is 9.95. The van der Waals surface area contributed by atoms with Gasteiger partial charge in [0.2, 0.25) is 0 Å². The van der Waals surface area contributed by atoms with Gasteiger partial charge in [-0.2, -0.15) is 0 Å². The van der Waals surface area contributed by atoms with Crippen LogP contribution in [-0.2, 0) is 0 Å². The molecule has 0 spiro atoms. The quantitative estimate of drug-likeness (QED) is 0.481. The van der Waals surface area contributed by atoms with Crippen LogP contribution in [-0.4, -0.2) is 0 Å². The van der Waals surface area contributed by atoms with Gasteiger partial charge in [0.25, 0.3) is 0 Å². The molecule has 0 aliphatic rings. The van der Waals surface area contributed by atoms with E-state index in [2.05, 4.69) is 6.07 Å². The SMILES string of the molecule is [CH]c1cc2cccc([CH])c2c2ccccc12. The van der Waals surface area contributed by atoms with Crippen LogP contribution in [0, 0.1) is 13.8 Å². The molecule has 3 rings (SSSR count). The minimum Gasteiger partial charge on any atom is -0.0616 e. The second kappa shape index (κ2) is 3.34. The molecule has 0 aliphatic carbocycles. The fourth-order valence-electron chi connectivity index (χ4n) is 2.22. The average Bonchev–Trinajstić information content (AvgIpc) is 2.29. The summed E-state index contributed by atoms with van der Waals surface area (Å²) in [4.78, 5) is 0.